The molecule has 0 aliphatic carbocycles. The number of aliphatic carboxylic acids is 1. The Morgan fingerprint density at radius 3 is 1.60 bits per heavy atom. The molecule has 234 valence electrons. The van der Waals surface area contributed by atoms with Crippen LogP contribution in [0.25, 0.3) is 0 Å². The van der Waals surface area contributed by atoms with Gasteiger partial charge in [0.25, 0.3) is 0 Å². The minimum Gasteiger partial charge on any atom is -0.481 e. The van der Waals surface area contributed by atoms with Gasteiger partial charge < -0.3 is 14.6 Å². The molecule has 0 saturated carbocycles. The summed E-state index contributed by atoms with van der Waals surface area (Å²) in [5.41, 5.74) is 0. The maximum absolute atomic E-state index is 12.2. The molecule has 0 aromatic heterocycles. The van der Waals surface area contributed by atoms with Crippen LogP contribution in [0.3, 0.4) is 0 Å². The molecule has 4 heteroatoms. The fraction of sp³-hybridized carbons (Fsp3) is 0.917. The van der Waals surface area contributed by atoms with E-state index < -0.39 is 5.97 Å². The molecule has 2 fully saturated rings. The monoisotopic (exact) mass is 562 g/mol. The van der Waals surface area contributed by atoms with Crippen LogP contribution in [0.5, 0.6) is 0 Å². The molecule has 0 aromatic carbocycles. The molecule has 2 heterocycles. The Kier molecular flexibility index (Phi) is 21.8. The molecular weight excluding hydrogens is 496 g/mol. The van der Waals surface area contributed by atoms with Gasteiger partial charge in [0.15, 0.2) is 0 Å². The Morgan fingerprint density at radius 2 is 1.10 bits per heavy atom. The van der Waals surface area contributed by atoms with Crippen molar-refractivity contribution < 1.29 is 19.4 Å². The van der Waals surface area contributed by atoms with Gasteiger partial charge >= 0.3 is 5.97 Å². The van der Waals surface area contributed by atoms with Gasteiger partial charge in [0.05, 0.1) is 31.3 Å². The van der Waals surface area contributed by atoms with E-state index in [1.165, 1.54) is 135 Å². The van der Waals surface area contributed by atoms with Gasteiger partial charge in [-0.2, -0.15) is 0 Å². The summed E-state index contributed by atoms with van der Waals surface area (Å²) in [5.74, 6) is -0.475. The lowest BCUT2D eigenvalue weighted by Gasteiger charge is -2.23. The zero-order valence-electron chi connectivity index (χ0n) is 26.4. The molecule has 0 bridgehead atoms. The first kappa shape index (κ1) is 35.3. The van der Waals surface area contributed by atoms with Crippen LogP contribution in [0.15, 0.2) is 12.2 Å². The standard InChI is InChI=1S/C36H66O4/c1-2-3-4-5-6-7-8-9-10-11-16-19-22-25-28-35(36(37)38)32(29-34-31-40-34)26-23-20-17-14-12-13-15-18-21-24-27-33-30-39-33/h9-10,32-35H,2-8,11-31H2,1H3,(H,37,38)/b10-9-. The fourth-order valence-corrected chi connectivity index (χ4v) is 6.27. The second kappa shape index (κ2) is 24.7. The first-order valence-corrected chi connectivity index (χ1v) is 17.8. The number of carbonyl (C=O) groups is 1. The third-order valence-electron chi connectivity index (χ3n) is 9.13. The van der Waals surface area contributed by atoms with Crippen molar-refractivity contribution in [3.8, 4) is 0 Å². The molecule has 2 aliphatic rings. The van der Waals surface area contributed by atoms with Crippen LogP contribution >= 0.6 is 0 Å². The second-order valence-corrected chi connectivity index (χ2v) is 13.0. The highest BCUT2D eigenvalue weighted by Crippen LogP contribution is 2.33. The van der Waals surface area contributed by atoms with E-state index in [1.807, 2.05) is 0 Å². The molecule has 0 spiro atoms. The molecule has 2 aliphatic heterocycles. The number of hydrogen-bond acceptors (Lipinski definition) is 3. The van der Waals surface area contributed by atoms with Crippen LogP contribution < -0.4 is 0 Å². The molecule has 2 rings (SSSR count). The van der Waals surface area contributed by atoms with Crippen molar-refractivity contribution >= 4 is 5.97 Å². The number of rotatable bonds is 31. The molecule has 40 heavy (non-hydrogen) atoms. The van der Waals surface area contributed by atoms with Crippen LogP contribution in [0, 0.1) is 11.8 Å². The lowest BCUT2D eigenvalue weighted by Crippen LogP contribution is -2.25. The minimum absolute atomic E-state index is 0.187. The maximum atomic E-state index is 12.2. The van der Waals surface area contributed by atoms with Crippen LogP contribution in [-0.2, 0) is 14.3 Å². The molecule has 2 saturated heterocycles. The smallest absolute Gasteiger partial charge is 0.306 e. The van der Waals surface area contributed by atoms with Crippen molar-refractivity contribution in [2.45, 2.75) is 186 Å². The van der Waals surface area contributed by atoms with Crippen molar-refractivity contribution in [1.29, 1.82) is 0 Å². The van der Waals surface area contributed by atoms with Crippen molar-refractivity contribution in [2.24, 2.45) is 11.8 Å². The van der Waals surface area contributed by atoms with E-state index in [4.69, 9.17) is 9.47 Å². The Bertz CT molecular complexity index is 610. The van der Waals surface area contributed by atoms with Gasteiger partial charge in [0.2, 0.25) is 0 Å². The molecule has 0 amide bonds. The summed E-state index contributed by atoms with van der Waals surface area (Å²) in [6, 6.07) is 0. The number of hydrogen-bond donors (Lipinski definition) is 1. The Balaban J connectivity index is 1.46. The van der Waals surface area contributed by atoms with Gasteiger partial charge in [-0.05, 0) is 57.3 Å². The van der Waals surface area contributed by atoms with Gasteiger partial charge in [0.1, 0.15) is 0 Å². The van der Waals surface area contributed by atoms with Crippen molar-refractivity contribution in [3.63, 3.8) is 0 Å². The lowest BCUT2D eigenvalue weighted by molar-refractivity contribution is -0.144. The van der Waals surface area contributed by atoms with E-state index >= 15 is 0 Å². The average molecular weight is 563 g/mol. The average Bonchev–Trinajstić information content (AvgIpc) is 3.87. The summed E-state index contributed by atoms with van der Waals surface area (Å²) in [5, 5.41) is 10.0. The first-order valence-electron chi connectivity index (χ1n) is 17.8. The summed E-state index contributed by atoms with van der Waals surface area (Å²) < 4.78 is 10.8. The largest absolute Gasteiger partial charge is 0.481 e. The molecule has 0 aromatic rings. The Labute approximate surface area is 248 Å². The zero-order valence-corrected chi connectivity index (χ0v) is 26.4. The van der Waals surface area contributed by atoms with Crippen LogP contribution in [0.1, 0.15) is 174 Å². The molecule has 4 unspecified atom stereocenters. The maximum Gasteiger partial charge on any atom is 0.306 e. The third kappa shape index (κ3) is 20.9. The SMILES string of the molecule is CCCCCCCC/C=C\CCCCCCC(C(=O)O)C(CCCCCCCCCCCCC1CO1)CC1CO1. The van der Waals surface area contributed by atoms with E-state index in [-0.39, 0.29) is 11.8 Å². The topological polar surface area (TPSA) is 62.4 Å². The number of ether oxygens (including phenoxy) is 2. The Hall–Kier alpha value is -0.870. The van der Waals surface area contributed by atoms with Gasteiger partial charge in [-0.15, -0.1) is 0 Å². The normalized spacial score (nSPS) is 19.7. The zero-order chi connectivity index (χ0) is 28.5. The third-order valence-corrected chi connectivity index (χ3v) is 9.13. The highest BCUT2D eigenvalue weighted by atomic mass is 16.6. The summed E-state index contributed by atoms with van der Waals surface area (Å²) in [6.45, 7) is 4.11. The Morgan fingerprint density at radius 1 is 0.650 bits per heavy atom. The highest BCUT2D eigenvalue weighted by molar-refractivity contribution is 5.70. The molecular formula is C36H66O4. The predicted molar refractivity (Wildman–Crippen MR) is 169 cm³/mol. The van der Waals surface area contributed by atoms with Gasteiger partial charge in [0, 0.05) is 0 Å². The summed E-state index contributed by atoms with van der Waals surface area (Å²) >= 11 is 0. The van der Waals surface area contributed by atoms with Crippen LogP contribution in [-0.4, -0.2) is 36.5 Å². The minimum atomic E-state index is -0.576. The van der Waals surface area contributed by atoms with Crippen molar-refractivity contribution in [1.82, 2.24) is 0 Å². The molecule has 4 nitrogen and oxygen atoms in total. The van der Waals surface area contributed by atoms with Crippen molar-refractivity contribution in [3.05, 3.63) is 12.2 Å². The van der Waals surface area contributed by atoms with Crippen LogP contribution in [0.4, 0.5) is 0 Å². The predicted octanol–water partition coefficient (Wildman–Crippen LogP) is 10.8. The quantitative estimate of drug-likeness (QED) is 0.0518. The second-order valence-electron chi connectivity index (χ2n) is 13.0. The summed E-state index contributed by atoms with van der Waals surface area (Å²) in [4.78, 5) is 12.2. The van der Waals surface area contributed by atoms with E-state index in [0.717, 1.165) is 45.3 Å². The molecule has 0 radical (unpaired) electrons. The fourth-order valence-electron chi connectivity index (χ4n) is 6.27. The lowest BCUT2D eigenvalue weighted by atomic mass is 9.81. The molecule has 1 N–H and O–H groups in total. The van der Waals surface area contributed by atoms with E-state index in [9.17, 15) is 9.90 Å². The first-order chi connectivity index (χ1) is 19.7. The number of carboxylic acid groups (broad SMARTS) is 1. The number of unbranched alkanes of at least 4 members (excludes halogenated alkanes) is 19. The summed E-state index contributed by atoms with van der Waals surface area (Å²) in [7, 11) is 0. The van der Waals surface area contributed by atoms with Gasteiger partial charge in [-0.25, -0.2) is 0 Å². The van der Waals surface area contributed by atoms with Crippen molar-refractivity contribution in [2.75, 3.05) is 13.2 Å². The van der Waals surface area contributed by atoms with E-state index in [2.05, 4.69) is 19.1 Å². The van der Waals surface area contributed by atoms with Gasteiger partial charge in [-0.1, -0.05) is 135 Å². The number of carboxylic acids is 1. The number of allylic oxidation sites excluding steroid dienone is 2. The summed E-state index contributed by atoms with van der Waals surface area (Å²) in [6.07, 6.45) is 38.4. The highest BCUT2D eigenvalue weighted by Gasteiger charge is 2.33. The molecule has 4 atom stereocenters. The number of epoxide rings is 2. The van der Waals surface area contributed by atoms with E-state index in [0.29, 0.717) is 12.2 Å². The van der Waals surface area contributed by atoms with Gasteiger partial charge in [-0.3, -0.25) is 4.79 Å². The van der Waals surface area contributed by atoms with E-state index in [1.54, 1.807) is 0 Å². The van der Waals surface area contributed by atoms with Crippen LogP contribution in [0.2, 0.25) is 0 Å².